The van der Waals surface area contributed by atoms with Crippen LogP contribution in [0.25, 0.3) is 0 Å². The summed E-state index contributed by atoms with van der Waals surface area (Å²) >= 11 is 1.33. The molecular formula is H6Al2ClO. The molecule has 1 nitrogen and oxygen atoms in total. The molecule has 2 N–H and O–H groups in total. The average Bonchev–Trinajstić information content (AvgIpc) is 1.00. The summed E-state index contributed by atoms with van der Waals surface area (Å²) in [5.41, 5.74) is 0. The predicted octanol–water partition coefficient (Wildman–Crippen LogP) is -1.97. The van der Waals surface area contributed by atoms with Crippen LogP contribution >= 0.6 is 10.0 Å². The Labute approximate surface area is 48.4 Å². The molecule has 0 spiro atoms. The van der Waals surface area contributed by atoms with Gasteiger partial charge in [-0.2, -0.15) is 0 Å². The van der Waals surface area contributed by atoms with Crippen molar-refractivity contribution in [2.24, 2.45) is 0 Å². The van der Waals surface area contributed by atoms with Crippen molar-refractivity contribution in [3.8, 4) is 0 Å². The van der Waals surface area contributed by atoms with E-state index in [1.54, 1.807) is 0 Å². The fraction of sp³-hybridized carbons (Fsp3) is 0. The third kappa shape index (κ3) is 10.3. The van der Waals surface area contributed by atoms with Crippen LogP contribution in [0.3, 0.4) is 0 Å². The molecule has 0 aliphatic heterocycles. The van der Waals surface area contributed by atoms with Gasteiger partial charge in [0.2, 0.25) is 0 Å². The number of hydrogen-bond donors (Lipinski definition) is 0. The van der Waals surface area contributed by atoms with Crippen molar-refractivity contribution in [2.45, 2.75) is 0 Å². The van der Waals surface area contributed by atoms with Gasteiger partial charge in [0.1, 0.15) is 0 Å². The van der Waals surface area contributed by atoms with Crippen molar-refractivity contribution in [2.75, 3.05) is 0 Å². The summed E-state index contributed by atoms with van der Waals surface area (Å²) < 4.78 is 0. The quantitative estimate of drug-likeness (QED) is 0.325. The van der Waals surface area contributed by atoms with Gasteiger partial charge in [0.15, 0.2) is 17.4 Å². The van der Waals surface area contributed by atoms with Crippen LogP contribution in [0, 0.1) is 0 Å². The maximum Gasteiger partial charge on any atom is 0.329 e. The molecule has 0 heterocycles. The average molecular weight is 111 g/mol. The van der Waals surface area contributed by atoms with Crippen molar-refractivity contribution < 1.29 is 5.48 Å². The Morgan fingerprint density at radius 1 is 1.25 bits per heavy atom. The third-order valence-electron chi connectivity index (χ3n) is 0. The first-order valence-corrected chi connectivity index (χ1v) is 2.41. The van der Waals surface area contributed by atoms with Crippen LogP contribution in [0.5, 0.6) is 0 Å². The molecular weight excluding hydrogens is 105 g/mol. The predicted molar refractivity (Wildman–Crippen MR) is 26.6 cm³/mol. The second-order valence-electron chi connectivity index (χ2n) is 0. The van der Waals surface area contributed by atoms with Crippen molar-refractivity contribution in [1.82, 2.24) is 0 Å². The number of rotatable bonds is 0. The first-order chi connectivity index (χ1) is 1.00. The lowest BCUT2D eigenvalue weighted by molar-refractivity contribution is 0.824. The smallest absolute Gasteiger partial charge is 0.329 e. The molecule has 0 aliphatic rings. The molecule has 0 rings (SSSR count). The Balaban J connectivity index is -0.00000000500. The molecule has 0 saturated carbocycles. The molecule has 4 heteroatoms. The summed E-state index contributed by atoms with van der Waals surface area (Å²) in [4.78, 5) is 0. The molecule has 0 aliphatic carbocycles. The summed E-state index contributed by atoms with van der Waals surface area (Å²) in [6.07, 6.45) is 0. The van der Waals surface area contributed by atoms with E-state index in [4.69, 9.17) is 0 Å². The third-order valence-corrected chi connectivity index (χ3v) is 0. The van der Waals surface area contributed by atoms with Crippen LogP contribution in [0.4, 0.5) is 0 Å². The van der Waals surface area contributed by atoms with Crippen LogP contribution in [-0.2, 0) is 0 Å². The zero-order chi connectivity index (χ0) is 2.00. The highest BCUT2D eigenvalue weighted by molar-refractivity contribution is 6.80. The monoisotopic (exact) mass is 111 g/mol. The van der Waals surface area contributed by atoms with Gasteiger partial charge in [-0.25, -0.2) is 0 Å². The molecule has 25 valence electrons. The lowest BCUT2D eigenvalue weighted by Gasteiger charge is -1.02. The van der Waals surface area contributed by atoms with Crippen molar-refractivity contribution in [3.63, 3.8) is 0 Å². The molecule has 0 bridgehead atoms. The van der Waals surface area contributed by atoms with Gasteiger partial charge in [0, 0.05) is 0 Å². The van der Waals surface area contributed by atoms with E-state index in [0.29, 0.717) is 0 Å². The van der Waals surface area contributed by atoms with Gasteiger partial charge in [0.25, 0.3) is 0 Å². The minimum Gasteiger partial charge on any atom is -0.412 e. The van der Waals surface area contributed by atoms with Crippen LogP contribution in [0.2, 0.25) is 0 Å². The highest BCUT2D eigenvalue weighted by Gasteiger charge is 1.07. The van der Waals surface area contributed by atoms with Crippen LogP contribution in [-0.4, -0.2) is 38.2 Å². The second-order valence-corrected chi connectivity index (χ2v) is 0. The van der Waals surface area contributed by atoms with Gasteiger partial charge in [-0.3, -0.25) is 10.0 Å². The topological polar surface area (TPSA) is 31.5 Å². The molecule has 1 radical (unpaired) electrons. The van der Waals surface area contributed by atoms with E-state index in [1.807, 2.05) is 0 Å². The molecule has 0 aromatic heterocycles. The molecule has 0 atom stereocenters. The Morgan fingerprint density at radius 3 is 1.25 bits per heavy atom. The summed E-state index contributed by atoms with van der Waals surface area (Å²) in [5.74, 6) is 0. The maximum absolute atomic E-state index is 4.67. The van der Waals surface area contributed by atoms with E-state index in [-0.39, 0.29) is 22.8 Å². The molecule has 0 amide bonds. The van der Waals surface area contributed by atoms with Crippen LogP contribution in [0.1, 0.15) is 0 Å². The van der Waals surface area contributed by atoms with Gasteiger partial charge in [-0.05, 0) is 0 Å². The fourth-order valence-corrected chi connectivity index (χ4v) is 0. The van der Waals surface area contributed by atoms with Gasteiger partial charge in [0.05, 0.1) is 0 Å². The zero-order valence-electron chi connectivity index (χ0n) is 1.59. The molecule has 0 unspecified atom stereocenters. The van der Waals surface area contributed by atoms with Crippen LogP contribution in [0.15, 0.2) is 0 Å². The first kappa shape index (κ1) is 18.5. The number of halogens is 1. The van der Waals surface area contributed by atoms with E-state index in [1.165, 1.54) is 15.4 Å². The van der Waals surface area contributed by atoms with E-state index < -0.39 is 0 Å². The van der Waals surface area contributed by atoms with Gasteiger partial charge in [-0.15, -0.1) is 0 Å². The molecule has 0 fully saturated rings. The van der Waals surface area contributed by atoms with Gasteiger partial charge >= 0.3 is 15.4 Å². The van der Waals surface area contributed by atoms with Crippen molar-refractivity contribution in [1.29, 1.82) is 0 Å². The van der Waals surface area contributed by atoms with E-state index in [9.17, 15) is 0 Å². The van der Waals surface area contributed by atoms with E-state index >= 15 is 0 Å². The Morgan fingerprint density at radius 2 is 1.25 bits per heavy atom. The minimum absolute atomic E-state index is 0. The normalized spacial score (nSPS) is 1.25. The van der Waals surface area contributed by atoms with Gasteiger partial charge < -0.3 is 5.48 Å². The highest BCUT2D eigenvalue weighted by Crippen LogP contribution is 1.29. The lowest BCUT2D eigenvalue weighted by Crippen LogP contribution is -0.980. The van der Waals surface area contributed by atoms with Crippen LogP contribution < -0.4 is 0 Å². The summed E-state index contributed by atoms with van der Waals surface area (Å²) in [6, 6.07) is 0. The molecule has 0 aromatic carbocycles. The molecule has 0 aromatic rings. The minimum atomic E-state index is 0. The maximum atomic E-state index is 4.67. The van der Waals surface area contributed by atoms with Crippen molar-refractivity contribution in [3.05, 3.63) is 0 Å². The Kier molecular flexibility index (Phi) is 127. The highest BCUT2D eigenvalue weighted by atomic mass is 35.6. The zero-order valence-corrected chi connectivity index (χ0v) is 3.76. The second kappa shape index (κ2) is 27.4. The first-order valence-electron chi connectivity index (χ1n) is 0.267. The largest absolute Gasteiger partial charge is 0.412 e. The standard InChI is InChI=1S/2Al.ClH.H2O.4H/h;;1H;1H2;;;;/q;+1;;;;;;/p-1. The van der Waals surface area contributed by atoms with Crippen molar-refractivity contribution >= 4 is 42.8 Å². The SMILES string of the molecule is O.[AlH3].[AlH][Cl]. The van der Waals surface area contributed by atoms with E-state index in [2.05, 4.69) is 10.0 Å². The summed E-state index contributed by atoms with van der Waals surface area (Å²) in [6.45, 7) is 0. The molecule has 4 heavy (non-hydrogen) atoms. The van der Waals surface area contributed by atoms with E-state index in [0.717, 1.165) is 0 Å². The Hall–Kier alpha value is 1.31. The molecule has 0 saturated heterocycles. The Bertz CT molecular complexity index is 6.00. The summed E-state index contributed by atoms with van der Waals surface area (Å²) in [7, 11) is 4.67. The van der Waals surface area contributed by atoms with Gasteiger partial charge in [-0.1, -0.05) is 0 Å². The number of hydrogen-bond acceptors (Lipinski definition) is 0. The lowest BCUT2D eigenvalue weighted by atomic mass is 16.0. The summed E-state index contributed by atoms with van der Waals surface area (Å²) in [5, 5.41) is 0. The fourth-order valence-electron chi connectivity index (χ4n) is 0.